The van der Waals surface area contributed by atoms with E-state index in [0.717, 1.165) is 5.56 Å². The van der Waals surface area contributed by atoms with E-state index in [9.17, 15) is 14.4 Å². The van der Waals surface area contributed by atoms with Crippen LogP contribution in [0.25, 0.3) is 0 Å². The highest BCUT2D eigenvalue weighted by atomic mass is 16.2. The molecule has 0 atom stereocenters. The van der Waals surface area contributed by atoms with E-state index in [4.69, 9.17) is 0 Å². The molecular formula is C20H25N3O3. The third kappa shape index (κ3) is 4.69. The van der Waals surface area contributed by atoms with E-state index >= 15 is 0 Å². The summed E-state index contributed by atoms with van der Waals surface area (Å²) in [5, 5.41) is 2.70. The zero-order valence-corrected chi connectivity index (χ0v) is 15.6. The minimum absolute atomic E-state index is 0.182. The Bertz CT molecular complexity index is 732. The van der Waals surface area contributed by atoms with Gasteiger partial charge in [0.2, 0.25) is 11.7 Å². The fourth-order valence-electron chi connectivity index (χ4n) is 2.55. The molecule has 1 aromatic rings. The quantitative estimate of drug-likeness (QED) is 0.600. The number of hydrazine groups is 1. The number of carbonyl (C=O) groups is 3. The normalized spacial score (nSPS) is 14.0. The van der Waals surface area contributed by atoms with E-state index < -0.39 is 17.1 Å². The summed E-state index contributed by atoms with van der Waals surface area (Å²) in [7, 11) is 0. The molecule has 138 valence electrons. The van der Waals surface area contributed by atoms with Crippen molar-refractivity contribution in [2.45, 2.75) is 46.5 Å². The van der Waals surface area contributed by atoms with Crippen molar-refractivity contribution in [2.75, 3.05) is 13.1 Å². The van der Waals surface area contributed by atoms with Gasteiger partial charge in [0.25, 0.3) is 0 Å². The summed E-state index contributed by atoms with van der Waals surface area (Å²) in [6.07, 6.45) is 5.19. The van der Waals surface area contributed by atoms with Gasteiger partial charge in [0, 0.05) is 49.3 Å². The molecule has 1 aliphatic heterocycles. The van der Waals surface area contributed by atoms with Crippen molar-refractivity contribution in [3.63, 3.8) is 0 Å². The predicted octanol–water partition coefficient (Wildman–Crippen LogP) is 2.19. The molecule has 1 saturated heterocycles. The van der Waals surface area contributed by atoms with E-state index in [1.807, 2.05) is 13.0 Å². The number of ketones is 1. The fourth-order valence-corrected chi connectivity index (χ4v) is 2.55. The van der Waals surface area contributed by atoms with Crippen molar-refractivity contribution in [1.29, 1.82) is 0 Å². The summed E-state index contributed by atoms with van der Waals surface area (Å²) in [6.45, 7) is 6.24. The van der Waals surface area contributed by atoms with E-state index in [0.29, 0.717) is 32.4 Å². The number of hydrogen-bond donors (Lipinski definition) is 0. The molecule has 6 nitrogen and oxygen atoms in total. The molecule has 1 aliphatic rings. The van der Waals surface area contributed by atoms with Crippen molar-refractivity contribution in [3.8, 4) is 11.8 Å². The van der Waals surface area contributed by atoms with Gasteiger partial charge >= 0.3 is 5.91 Å². The summed E-state index contributed by atoms with van der Waals surface area (Å²) in [6, 6.07) is 3.65. The number of aromatic nitrogens is 1. The highest BCUT2D eigenvalue weighted by molar-refractivity contribution is 6.38. The van der Waals surface area contributed by atoms with Gasteiger partial charge in [0.05, 0.1) is 0 Å². The summed E-state index contributed by atoms with van der Waals surface area (Å²) in [4.78, 5) is 41.4. The molecule has 0 aromatic carbocycles. The van der Waals surface area contributed by atoms with Gasteiger partial charge < -0.3 is 0 Å². The van der Waals surface area contributed by atoms with Crippen LogP contribution in [0.1, 0.15) is 52.0 Å². The summed E-state index contributed by atoms with van der Waals surface area (Å²) >= 11 is 0. The topological polar surface area (TPSA) is 70.6 Å². The smallest absolute Gasteiger partial charge is 0.288 e. The first-order valence-electron chi connectivity index (χ1n) is 8.92. The van der Waals surface area contributed by atoms with Gasteiger partial charge in [0.1, 0.15) is 0 Å². The average Bonchev–Trinajstić information content (AvgIpc) is 3.14. The van der Waals surface area contributed by atoms with Crippen LogP contribution in [-0.2, 0) is 14.4 Å². The van der Waals surface area contributed by atoms with E-state index in [1.54, 1.807) is 32.3 Å². The van der Waals surface area contributed by atoms with Crippen molar-refractivity contribution in [1.82, 2.24) is 15.0 Å². The van der Waals surface area contributed by atoms with E-state index in [1.165, 1.54) is 10.0 Å². The monoisotopic (exact) mass is 355 g/mol. The van der Waals surface area contributed by atoms with Gasteiger partial charge in [-0.2, -0.15) is 0 Å². The summed E-state index contributed by atoms with van der Waals surface area (Å²) in [5.41, 5.74) is 0.0779. The molecular weight excluding hydrogens is 330 g/mol. The molecule has 0 bridgehead atoms. The van der Waals surface area contributed by atoms with Crippen LogP contribution < -0.4 is 0 Å². The molecule has 0 aliphatic carbocycles. The second-order valence-electron chi connectivity index (χ2n) is 6.91. The second kappa shape index (κ2) is 8.61. The van der Waals surface area contributed by atoms with Gasteiger partial charge in [-0.1, -0.05) is 32.6 Å². The molecule has 1 aromatic heterocycles. The van der Waals surface area contributed by atoms with Crippen molar-refractivity contribution >= 4 is 17.6 Å². The highest BCUT2D eigenvalue weighted by Gasteiger charge is 2.39. The van der Waals surface area contributed by atoms with Crippen LogP contribution in [0.15, 0.2) is 24.5 Å². The first-order valence-corrected chi connectivity index (χ1v) is 8.92. The maximum absolute atomic E-state index is 12.5. The van der Waals surface area contributed by atoms with Crippen LogP contribution in [0, 0.1) is 17.3 Å². The number of Topliss-reactive ketones (excluding diaryl/α,β-unsaturated/α-hetero) is 1. The number of nitrogens with zero attached hydrogens (tertiary/aromatic N) is 3. The third-order valence-electron chi connectivity index (χ3n) is 4.60. The lowest BCUT2D eigenvalue weighted by Gasteiger charge is -2.30. The lowest BCUT2D eigenvalue weighted by Crippen LogP contribution is -2.50. The first-order chi connectivity index (χ1) is 12.4. The van der Waals surface area contributed by atoms with Gasteiger partial charge in [-0.05, 0) is 25.0 Å². The molecule has 6 heteroatoms. The Morgan fingerprint density at radius 3 is 2.62 bits per heavy atom. The predicted molar refractivity (Wildman–Crippen MR) is 97.5 cm³/mol. The molecule has 26 heavy (non-hydrogen) atoms. The number of pyridine rings is 1. The molecule has 2 rings (SSSR count). The lowest BCUT2D eigenvalue weighted by molar-refractivity contribution is -0.164. The Balaban J connectivity index is 1.94. The molecule has 0 saturated carbocycles. The molecule has 2 amide bonds. The Hall–Kier alpha value is -2.68. The molecule has 1 fully saturated rings. The lowest BCUT2D eigenvalue weighted by atomic mass is 9.85. The average molecular weight is 355 g/mol. The van der Waals surface area contributed by atoms with Crippen molar-refractivity contribution in [2.24, 2.45) is 5.41 Å². The maximum Gasteiger partial charge on any atom is 0.309 e. The maximum atomic E-state index is 12.5. The Morgan fingerprint density at radius 1 is 1.23 bits per heavy atom. The Labute approximate surface area is 154 Å². The minimum atomic E-state index is -0.719. The Kier molecular flexibility index (Phi) is 6.51. The number of hydrogen-bond acceptors (Lipinski definition) is 4. The summed E-state index contributed by atoms with van der Waals surface area (Å²) < 4.78 is 0. The van der Waals surface area contributed by atoms with Crippen LogP contribution >= 0.6 is 0 Å². The molecule has 2 heterocycles. The van der Waals surface area contributed by atoms with Crippen molar-refractivity contribution < 1.29 is 14.4 Å². The third-order valence-corrected chi connectivity index (χ3v) is 4.60. The van der Waals surface area contributed by atoms with Crippen LogP contribution in [0.3, 0.4) is 0 Å². The molecule has 0 spiro atoms. The molecule has 0 N–H and O–H groups in total. The van der Waals surface area contributed by atoms with E-state index in [2.05, 4.69) is 16.8 Å². The number of rotatable bonds is 5. The zero-order chi connectivity index (χ0) is 19.2. The molecule has 0 radical (unpaired) electrons. The van der Waals surface area contributed by atoms with Crippen LogP contribution in [-0.4, -0.2) is 45.7 Å². The van der Waals surface area contributed by atoms with Gasteiger partial charge in [0.15, 0.2) is 0 Å². The second-order valence-corrected chi connectivity index (χ2v) is 6.91. The standard InChI is InChI=1S/C20H25N3O3/c1-4-20(2,3)18(25)19(26)23-14-8-13-22(23)17(24)11-6-5-9-16-10-7-12-21-15-16/h7,10,12,15H,4,6,8,11,13-14H2,1-3H3. The SMILES string of the molecule is CCC(C)(C)C(=O)C(=O)N1CCCN1C(=O)CCC#Cc1cccnc1. The van der Waals surface area contributed by atoms with Gasteiger partial charge in [-0.3, -0.25) is 24.4 Å². The van der Waals surface area contributed by atoms with Crippen LogP contribution in [0.4, 0.5) is 0 Å². The fraction of sp³-hybridized carbons (Fsp3) is 0.500. The largest absolute Gasteiger partial charge is 0.309 e. The number of amides is 2. The van der Waals surface area contributed by atoms with Gasteiger partial charge in [-0.25, -0.2) is 5.01 Å². The number of carbonyl (C=O) groups excluding carboxylic acids is 3. The first kappa shape index (κ1) is 19.6. The van der Waals surface area contributed by atoms with Crippen LogP contribution in [0.5, 0.6) is 0 Å². The molecule has 0 unspecified atom stereocenters. The minimum Gasteiger partial charge on any atom is -0.288 e. The van der Waals surface area contributed by atoms with Crippen molar-refractivity contribution in [3.05, 3.63) is 30.1 Å². The van der Waals surface area contributed by atoms with Crippen LogP contribution in [0.2, 0.25) is 0 Å². The van der Waals surface area contributed by atoms with E-state index in [-0.39, 0.29) is 12.3 Å². The summed E-state index contributed by atoms with van der Waals surface area (Å²) in [5.74, 6) is 4.68. The van der Waals surface area contributed by atoms with Gasteiger partial charge in [-0.15, -0.1) is 0 Å². The highest BCUT2D eigenvalue weighted by Crippen LogP contribution is 2.24. The Morgan fingerprint density at radius 2 is 1.96 bits per heavy atom. The zero-order valence-electron chi connectivity index (χ0n) is 15.6.